The van der Waals surface area contributed by atoms with Crippen molar-refractivity contribution in [1.29, 1.82) is 0 Å². The summed E-state index contributed by atoms with van der Waals surface area (Å²) >= 11 is 1.42. The smallest absolute Gasteiger partial charge is 0.324 e. The molecule has 14 nitrogen and oxygen atoms in total. The number of carbonyl (C=O) groups is 5. The first-order valence-electron chi connectivity index (χ1n) is 22.6. The minimum atomic E-state index is -1.06. The van der Waals surface area contributed by atoms with E-state index in [9.17, 15) is 24.0 Å². The molecule has 0 saturated carbocycles. The second-order valence-corrected chi connectivity index (χ2v) is 20.4. The predicted molar refractivity (Wildman–Crippen MR) is 245 cm³/mol. The standard InChI is InChI=1S/C49H60N8O6S/c1-9-12-40(58)55-21-17-49(27-55)18-22-56(47(49)62)42(30(4)5)44(59)52-36-24-39-51-37(26-64-39)31-15-16-38-33(23-31)34(43(54(38)8)32-13-10-19-50-41(32)29(2)3)25-48(6,7)28-63-46(61)35-14-11-20-57(53-35)45(36)60/h10,13,15-16,19,23,26,29-30,35-36,42,53H,11,14,17-18,20-22,24-25,27-28H2,1-8H3,(H,52,59)/t35-,36-,42-,49?/m0/s1. The second kappa shape index (κ2) is 17.8. The number of amides is 4. The molecule has 338 valence electrons. The van der Waals surface area contributed by atoms with E-state index in [2.05, 4.69) is 86.2 Å². The fourth-order valence-electron chi connectivity index (χ4n) is 10.2. The van der Waals surface area contributed by atoms with E-state index in [4.69, 9.17) is 14.7 Å². The van der Waals surface area contributed by atoms with Crippen LogP contribution < -0.4 is 10.7 Å². The Kier molecular flexibility index (Phi) is 12.5. The number of benzene rings is 1. The summed E-state index contributed by atoms with van der Waals surface area (Å²) in [5.41, 5.74) is 8.91. The van der Waals surface area contributed by atoms with Gasteiger partial charge in [-0.05, 0) is 86.6 Å². The number of aromatic nitrogens is 3. The number of hydrogen-bond acceptors (Lipinski definition) is 10. The second-order valence-electron chi connectivity index (χ2n) is 19.4. The maximum absolute atomic E-state index is 14.6. The number of carbonyl (C=O) groups excluding carboxylic acids is 5. The van der Waals surface area contributed by atoms with Gasteiger partial charge < -0.3 is 24.4 Å². The zero-order valence-corrected chi connectivity index (χ0v) is 39.1. The highest BCUT2D eigenvalue weighted by atomic mass is 32.1. The van der Waals surface area contributed by atoms with Crippen LogP contribution in [0.2, 0.25) is 0 Å². The fourth-order valence-corrected chi connectivity index (χ4v) is 11.0. The van der Waals surface area contributed by atoms with Gasteiger partial charge in [0.2, 0.25) is 11.8 Å². The fraction of sp³-hybridized carbons (Fsp3) is 0.531. The molecule has 4 aliphatic rings. The van der Waals surface area contributed by atoms with E-state index in [0.717, 1.165) is 44.7 Å². The van der Waals surface area contributed by atoms with Crippen molar-refractivity contribution in [3.05, 3.63) is 58.2 Å². The molecule has 4 aliphatic heterocycles. The number of hydrazine groups is 1. The summed E-state index contributed by atoms with van der Waals surface area (Å²) in [6, 6.07) is 7.79. The van der Waals surface area contributed by atoms with E-state index in [1.807, 2.05) is 31.5 Å². The lowest BCUT2D eigenvalue weighted by Crippen LogP contribution is -2.62. The first-order valence-corrected chi connectivity index (χ1v) is 23.5. The van der Waals surface area contributed by atoms with Gasteiger partial charge in [0.25, 0.3) is 11.8 Å². The van der Waals surface area contributed by atoms with E-state index in [1.54, 1.807) is 16.7 Å². The third-order valence-electron chi connectivity index (χ3n) is 13.4. The molecular weight excluding hydrogens is 829 g/mol. The number of nitrogens with one attached hydrogen (secondary N) is 2. The Morgan fingerprint density at radius 3 is 2.59 bits per heavy atom. The lowest BCUT2D eigenvalue weighted by atomic mass is 9.84. The van der Waals surface area contributed by atoms with Crippen LogP contribution in [-0.2, 0) is 48.6 Å². The molecule has 1 aromatic carbocycles. The number of rotatable bonds is 6. The number of esters is 1. The summed E-state index contributed by atoms with van der Waals surface area (Å²) in [4.78, 5) is 83.1. The highest BCUT2D eigenvalue weighted by Crippen LogP contribution is 2.43. The predicted octanol–water partition coefficient (Wildman–Crippen LogP) is 5.63. The molecule has 3 saturated heterocycles. The SMILES string of the molecule is CC#CC(=O)N1CCC2(CCN([C@H](C(=O)N[C@H]3Cc4nc(cs4)-c4ccc5c(c4)c(c(-c4cccnc4C(C)C)n5C)CC(C)(C)COC(=O)[C@@H]4CCCN(N4)C3=O)C(C)C)C2=O)C1. The van der Waals surface area contributed by atoms with Gasteiger partial charge in [0.1, 0.15) is 18.1 Å². The van der Waals surface area contributed by atoms with Gasteiger partial charge in [0.15, 0.2) is 0 Å². The molecule has 4 aromatic rings. The Morgan fingerprint density at radius 1 is 1.06 bits per heavy atom. The summed E-state index contributed by atoms with van der Waals surface area (Å²) in [6.45, 7) is 15.4. The van der Waals surface area contributed by atoms with Crippen LogP contribution in [0, 0.1) is 28.6 Å². The van der Waals surface area contributed by atoms with Crippen molar-refractivity contribution in [2.24, 2.45) is 23.8 Å². The molecule has 1 spiro atoms. The number of cyclic esters (lactones) is 1. The summed E-state index contributed by atoms with van der Waals surface area (Å²) in [5.74, 6) is 3.40. The van der Waals surface area contributed by atoms with E-state index < -0.39 is 46.7 Å². The number of aryl methyl sites for hydroxylation is 1. The van der Waals surface area contributed by atoms with Crippen molar-refractivity contribution in [2.75, 3.05) is 32.8 Å². The molecule has 15 heteroatoms. The largest absolute Gasteiger partial charge is 0.464 e. The van der Waals surface area contributed by atoms with Crippen molar-refractivity contribution in [3.63, 3.8) is 0 Å². The summed E-state index contributed by atoms with van der Waals surface area (Å²) < 4.78 is 8.33. The number of nitrogens with zero attached hydrogens (tertiary/aromatic N) is 6. The third kappa shape index (κ3) is 8.54. The quantitative estimate of drug-likeness (QED) is 0.185. The van der Waals surface area contributed by atoms with Crippen LogP contribution >= 0.6 is 11.3 Å². The topological polar surface area (TPSA) is 159 Å². The first-order chi connectivity index (χ1) is 30.5. The van der Waals surface area contributed by atoms with Crippen LogP contribution in [0.1, 0.15) is 96.3 Å². The Labute approximate surface area is 379 Å². The van der Waals surface area contributed by atoms with Gasteiger partial charge >= 0.3 is 5.97 Å². The van der Waals surface area contributed by atoms with Crippen molar-refractivity contribution in [3.8, 4) is 34.4 Å². The molecule has 8 rings (SSSR count). The number of likely N-dealkylation sites (tertiary alicyclic amines) is 2. The summed E-state index contributed by atoms with van der Waals surface area (Å²) in [6.07, 6.45) is 4.60. The van der Waals surface area contributed by atoms with E-state index in [0.29, 0.717) is 56.7 Å². The first kappa shape index (κ1) is 45.0. The lowest BCUT2D eigenvalue weighted by Gasteiger charge is -2.36. The molecule has 1 unspecified atom stereocenters. The van der Waals surface area contributed by atoms with Gasteiger partial charge in [-0.3, -0.25) is 34.0 Å². The molecule has 0 aliphatic carbocycles. The average molecular weight is 889 g/mol. The van der Waals surface area contributed by atoms with Crippen molar-refractivity contribution < 1.29 is 28.7 Å². The molecule has 4 atom stereocenters. The molecule has 3 fully saturated rings. The highest BCUT2D eigenvalue weighted by Gasteiger charge is 2.54. The maximum Gasteiger partial charge on any atom is 0.324 e. The monoisotopic (exact) mass is 888 g/mol. The van der Waals surface area contributed by atoms with Gasteiger partial charge in [-0.15, -0.1) is 11.3 Å². The zero-order valence-electron chi connectivity index (χ0n) is 38.2. The molecule has 3 aromatic heterocycles. The Bertz CT molecular complexity index is 2570. The minimum absolute atomic E-state index is 0.0942. The molecule has 0 radical (unpaired) electrons. The van der Waals surface area contributed by atoms with Crippen LogP contribution in [0.4, 0.5) is 0 Å². The van der Waals surface area contributed by atoms with Gasteiger partial charge in [0, 0.05) is 78.7 Å². The maximum atomic E-state index is 14.6. The summed E-state index contributed by atoms with van der Waals surface area (Å²) in [7, 11) is 2.09. The molecular formula is C49H60N8O6S. The highest BCUT2D eigenvalue weighted by molar-refractivity contribution is 7.10. The van der Waals surface area contributed by atoms with Crippen LogP contribution in [0.3, 0.4) is 0 Å². The molecule has 4 amide bonds. The van der Waals surface area contributed by atoms with Gasteiger partial charge in [-0.2, -0.15) is 0 Å². The van der Waals surface area contributed by atoms with Crippen molar-refractivity contribution in [1.82, 2.24) is 40.1 Å². The van der Waals surface area contributed by atoms with E-state index in [-0.39, 0.29) is 43.2 Å². The average Bonchev–Trinajstić information content (AvgIpc) is 4.05. The van der Waals surface area contributed by atoms with Gasteiger partial charge in [-0.1, -0.05) is 53.5 Å². The summed E-state index contributed by atoms with van der Waals surface area (Å²) in [5, 5.41) is 8.21. The number of ether oxygens (including phenoxy) is 1. The number of fused-ring (bicyclic) bond motifs is 6. The Morgan fingerprint density at radius 2 is 1.84 bits per heavy atom. The molecule has 64 heavy (non-hydrogen) atoms. The number of pyridine rings is 1. The van der Waals surface area contributed by atoms with E-state index in [1.165, 1.54) is 16.3 Å². The normalized spacial score (nSPS) is 23.1. The lowest BCUT2D eigenvalue weighted by molar-refractivity contribution is -0.155. The van der Waals surface area contributed by atoms with Crippen LogP contribution in [0.5, 0.6) is 0 Å². The van der Waals surface area contributed by atoms with Crippen LogP contribution in [-0.4, -0.2) is 110 Å². The Hall–Kier alpha value is -5.59. The van der Waals surface area contributed by atoms with Crippen molar-refractivity contribution in [2.45, 2.75) is 111 Å². The molecule has 2 N–H and O–H groups in total. The number of hydrogen-bond donors (Lipinski definition) is 2. The van der Waals surface area contributed by atoms with Gasteiger partial charge in [-0.25, -0.2) is 10.4 Å². The van der Waals surface area contributed by atoms with Crippen molar-refractivity contribution >= 4 is 51.8 Å². The molecule has 6 bridgehead atoms. The van der Waals surface area contributed by atoms with E-state index >= 15 is 0 Å². The third-order valence-corrected chi connectivity index (χ3v) is 14.3. The Balaban J connectivity index is 1.14. The zero-order chi connectivity index (χ0) is 45.7. The minimum Gasteiger partial charge on any atom is -0.464 e. The number of thiazole rings is 1. The molecule has 7 heterocycles. The van der Waals surface area contributed by atoms with Crippen LogP contribution in [0.25, 0.3) is 33.4 Å². The van der Waals surface area contributed by atoms with Crippen LogP contribution in [0.15, 0.2) is 41.9 Å². The van der Waals surface area contributed by atoms with Gasteiger partial charge in [0.05, 0.1) is 34.1 Å².